The van der Waals surface area contributed by atoms with Crippen molar-refractivity contribution in [2.75, 3.05) is 21.0 Å². The molecule has 0 saturated heterocycles. The molecule has 1 heterocycles. The van der Waals surface area contributed by atoms with Crippen molar-refractivity contribution in [1.29, 1.82) is 0 Å². The highest BCUT2D eigenvalue weighted by atomic mass is 16.7. The molecule has 1 N–H and O–H groups in total. The Kier molecular flexibility index (Phi) is 4.02. The first-order valence-corrected chi connectivity index (χ1v) is 7.11. The van der Waals surface area contributed by atoms with E-state index in [1.807, 2.05) is 12.1 Å². The molecule has 1 aromatic heterocycles. The number of aromatic amines is 1. The number of fused-ring (bicyclic) bond motifs is 1. The molecular weight excluding hydrogens is 278 g/mol. The van der Waals surface area contributed by atoms with Crippen molar-refractivity contribution in [2.45, 2.75) is 6.92 Å². The summed E-state index contributed by atoms with van der Waals surface area (Å²) in [6, 6.07) is 14.4. The number of rotatable bonds is 5. The van der Waals surface area contributed by atoms with Crippen molar-refractivity contribution in [3.63, 3.8) is 0 Å². The number of benzene rings is 2. The van der Waals surface area contributed by atoms with Crippen LogP contribution in [-0.2, 0) is 4.74 Å². The second-order valence-electron chi connectivity index (χ2n) is 5.16. The summed E-state index contributed by atoms with van der Waals surface area (Å²) in [5.41, 5.74) is 4.43. The Morgan fingerprint density at radius 3 is 2.45 bits per heavy atom. The van der Waals surface area contributed by atoms with E-state index in [1.54, 1.807) is 14.2 Å². The van der Waals surface area contributed by atoms with Crippen LogP contribution in [0.25, 0.3) is 22.2 Å². The molecule has 0 aliphatic heterocycles. The molecular formula is C18H19NO3. The van der Waals surface area contributed by atoms with E-state index in [0.29, 0.717) is 11.5 Å². The first kappa shape index (κ1) is 14.5. The fourth-order valence-corrected chi connectivity index (χ4v) is 2.47. The van der Waals surface area contributed by atoms with Gasteiger partial charge in [-0.2, -0.15) is 0 Å². The Morgan fingerprint density at radius 1 is 1.00 bits per heavy atom. The zero-order valence-electron chi connectivity index (χ0n) is 13.0. The third-order valence-electron chi connectivity index (χ3n) is 3.62. The molecule has 3 aromatic rings. The largest absolute Gasteiger partial charge is 0.493 e. The fraction of sp³-hybridized carbons (Fsp3) is 0.222. The molecule has 0 amide bonds. The number of aryl methyl sites for hydroxylation is 1. The van der Waals surface area contributed by atoms with Crippen molar-refractivity contribution in [3.8, 4) is 22.8 Å². The Hall–Kier alpha value is -2.46. The predicted octanol–water partition coefficient (Wildman–Crippen LogP) is 4.13. The van der Waals surface area contributed by atoms with Crippen LogP contribution in [0.4, 0.5) is 0 Å². The van der Waals surface area contributed by atoms with E-state index in [1.165, 1.54) is 5.56 Å². The zero-order chi connectivity index (χ0) is 15.5. The van der Waals surface area contributed by atoms with Gasteiger partial charge in [0, 0.05) is 23.7 Å². The lowest BCUT2D eigenvalue weighted by Crippen LogP contribution is -2.00. The molecule has 0 bridgehead atoms. The summed E-state index contributed by atoms with van der Waals surface area (Å²) in [6.45, 7) is 2.26. The van der Waals surface area contributed by atoms with E-state index in [2.05, 4.69) is 42.2 Å². The number of aromatic nitrogens is 1. The molecule has 0 atom stereocenters. The van der Waals surface area contributed by atoms with E-state index in [0.717, 1.165) is 22.2 Å². The van der Waals surface area contributed by atoms with Crippen molar-refractivity contribution < 1.29 is 14.2 Å². The van der Waals surface area contributed by atoms with Crippen LogP contribution in [0.3, 0.4) is 0 Å². The van der Waals surface area contributed by atoms with Crippen LogP contribution in [0.1, 0.15) is 5.56 Å². The fourth-order valence-electron chi connectivity index (χ4n) is 2.47. The summed E-state index contributed by atoms with van der Waals surface area (Å²) in [7, 11) is 3.23. The van der Waals surface area contributed by atoms with Crippen molar-refractivity contribution in [2.24, 2.45) is 0 Å². The molecule has 4 heteroatoms. The van der Waals surface area contributed by atoms with E-state index in [9.17, 15) is 0 Å². The van der Waals surface area contributed by atoms with Gasteiger partial charge in [0.2, 0.25) is 0 Å². The highest BCUT2D eigenvalue weighted by Gasteiger charge is 2.13. The summed E-state index contributed by atoms with van der Waals surface area (Å²) in [5, 5.41) is 0.979. The molecule has 22 heavy (non-hydrogen) atoms. The predicted molar refractivity (Wildman–Crippen MR) is 87.5 cm³/mol. The third kappa shape index (κ3) is 2.65. The van der Waals surface area contributed by atoms with Gasteiger partial charge in [0.15, 0.2) is 18.3 Å². The molecule has 4 nitrogen and oxygen atoms in total. The van der Waals surface area contributed by atoms with E-state index in [-0.39, 0.29) is 6.79 Å². The van der Waals surface area contributed by atoms with Gasteiger partial charge in [0.05, 0.1) is 7.11 Å². The van der Waals surface area contributed by atoms with E-state index < -0.39 is 0 Å². The molecule has 0 aliphatic rings. The highest BCUT2D eigenvalue weighted by molar-refractivity contribution is 5.93. The van der Waals surface area contributed by atoms with Crippen LogP contribution in [0.2, 0.25) is 0 Å². The van der Waals surface area contributed by atoms with Gasteiger partial charge in [-0.15, -0.1) is 0 Å². The Labute approximate surface area is 129 Å². The summed E-state index contributed by atoms with van der Waals surface area (Å²) in [4.78, 5) is 3.42. The standard InChI is InChI=1S/C18H19NO3/c1-12-4-6-13(7-5-12)16-10-14-15(19-16)8-9-17(21-3)18(14)22-11-20-2/h4-10,19H,11H2,1-3H3. The summed E-state index contributed by atoms with van der Waals surface area (Å²) >= 11 is 0. The molecule has 0 aliphatic carbocycles. The smallest absolute Gasteiger partial charge is 0.188 e. The molecule has 0 saturated carbocycles. The Balaban J connectivity index is 2.10. The van der Waals surface area contributed by atoms with Gasteiger partial charge >= 0.3 is 0 Å². The number of hydrogen-bond donors (Lipinski definition) is 1. The lowest BCUT2D eigenvalue weighted by atomic mass is 10.1. The molecule has 0 fully saturated rings. The van der Waals surface area contributed by atoms with Crippen LogP contribution in [-0.4, -0.2) is 26.0 Å². The highest BCUT2D eigenvalue weighted by Crippen LogP contribution is 2.37. The van der Waals surface area contributed by atoms with Crippen molar-refractivity contribution in [3.05, 3.63) is 48.0 Å². The second-order valence-corrected chi connectivity index (χ2v) is 5.16. The summed E-state index contributed by atoms with van der Waals surface area (Å²) in [5.74, 6) is 1.38. The maximum atomic E-state index is 5.69. The number of ether oxygens (including phenoxy) is 3. The maximum Gasteiger partial charge on any atom is 0.188 e. The van der Waals surface area contributed by atoms with Crippen LogP contribution >= 0.6 is 0 Å². The van der Waals surface area contributed by atoms with Gasteiger partial charge < -0.3 is 19.2 Å². The Bertz CT molecular complexity index is 775. The minimum absolute atomic E-state index is 0.181. The first-order valence-electron chi connectivity index (χ1n) is 7.11. The third-order valence-corrected chi connectivity index (χ3v) is 3.62. The van der Waals surface area contributed by atoms with Gasteiger partial charge in [-0.05, 0) is 30.7 Å². The molecule has 114 valence electrons. The van der Waals surface area contributed by atoms with Crippen LogP contribution < -0.4 is 9.47 Å². The van der Waals surface area contributed by atoms with Crippen molar-refractivity contribution in [1.82, 2.24) is 4.98 Å². The number of hydrogen-bond acceptors (Lipinski definition) is 3. The van der Waals surface area contributed by atoms with Gasteiger partial charge in [-0.25, -0.2) is 0 Å². The van der Waals surface area contributed by atoms with E-state index in [4.69, 9.17) is 14.2 Å². The first-order chi connectivity index (χ1) is 10.7. The SMILES string of the molecule is COCOc1c(OC)ccc2[nH]c(-c3ccc(C)cc3)cc12. The molecule has 0 unspecified atom stereocenters. The average molecular weight is 297 g/mol. The van der Waals surface area contributed by atoms with Gasteiger partial charge in [0.1, 0.15) is 0 Å². The minimum Gasteiger partial charge on any atom is -0.493 e. The van der Waals surface area contributed by atoms with Crippen molar-refractivity contribution >= 4 is 10.9 Å². The van der Waals surface area contributed by atoms with Gasteiger partial charge in [-0.3, -0.25) is 0 Å². The topological polar surface area (TPSA) is 43.5 Å². The van der Waals surface area contributed by atoms with Gasteiger partial charge in [0.25, 0.3) is 0 Å². The van der Waals surface area contributed by atoms with Crippen LogP contribution in [0.15, 0.2) is 42.5 Å². The number of nitrogens with one attached hydrogen (secondary N) is 1. The van der Waals surface area contributed by atoms with E-state index >= 15 is 0 Å². The zero-order valence-corrected chi connectivity index (χ0v) is 13.0. The quantitative estimate of drug-likeness (QED) is 0.720. The Morgan fingerprint density at radius 2 is 1.77 bits per heavy atom. The lowest BCUT2D eigenvalue weighted by Gasteiger charge is -2.10. The number of methoxy groups -OCH3 is 2. The molecule has 0 radical (unpaired) electrons. The molecule has 3 rings (SSSR count). The molecule has 0 spiro atoms. The number of H-pyrrole nitrogens is 1. The lowest BCUT2D eigenvalue weighted by molar-refractivity contribution is 0.0503. The van der Waals surface area contributed by atoms with Crippen LogP contribution in [0, 0.1) is 6.92 Å². The maximum absolute atomic E-state index is 5.69. The minimum atomic E-state index is 0.181. The second kappa shape index (κ2) is 6.12. The average Bonchev–Trinajstić information content (AvgIpc) is 2.97. The van der Waals surface area contributed by atoms with Gasteiger partial charge in [-0.1, -0.05) is 29.8 Å². The normalized spacial score (nSPS) is 10.9. The van der Waals surface area contributed by atoms with Crippen LogP contribution in [0.5, 0.6) is 11.5 Å². The summed E-state index contributed by atoms with van der Waals surface area (Å²) < 4.78 is 16.1. The summed E-state index contributed by atoms with van der Waals surface area (Å²) in [6.07, 6.45) is 0. The monoisotopic (exact) mass is 297 g/mol. The molecule has 2 aromatic carbocycles.